The van der Waals surface area contributed by atoms with Crippen molar-refractivity contribution in [3.05, 3.63) is 0 Å². The maximum Gasteiger partial charge on any atom is 0.315 e. The minimum atomic E-state index is -2.26. The molecule has 0 aromatic carbocycles. The molecular weight excluding hydrogens is 911 g/mol. The highest BCUT2D eigenvalue weighted by Crippen LogP contribution is 2.58. The van der Waals surface area contributed by atoms with Gasteiger partial charge in [0.25, 0.3) is 0 Å². The van der Waals surface area contributed by atoms with Gasteiger partial charge in [-0.1, -0.05) is 20.3 Å². The predicted octanol–water partition coefficient (Wildman–Crippen LogP) is 0.527. The summed E-state index contributed by atoms with van der Waals surface area (Å²) >= 11 is 1.78. The number of fused-ring (bicyclic) bond motifs is 1. The Bertz CT molecular complexity index is 1910. The topological polar surface area (TPSA) is 305 Å². The van der Waals surface area contributed by atoms with Crippen LogP contribution >= 0.6 is 11.8 Å². The maximum atomic E-state index is 13.3. The molecule has 5 fully saturated rings. The number of hydrogen-bond acceptors (Lipinski definition) is 18. The van der Waals surface area contributed by atoms with E-state index in [-0.39, 0.29) is 43.0 Å². The summed E-state index contributed by atoms with van der Waals surface area (Å²) < 4.78 is 38.0. The molecular formula is C47H83N3O17S. The van der Waals surface area contributed by atoms with Crippen LogP contribution in [0.5, 0.6) is 0 Å². The third kappa shape index (κ3) is 8.60. The van der Waals surface area contributed by atoms with E-state index in [0.717, 1.165) is 12.2 Å². The van der Waals surface area contributed by atoms with Crippen LogP contribution in [0.15, 0.2) is 0 Å². The number of unbranched alkanes of at least 4 members (excludes halogenated alkanes) is 1. The number of amides is 3. The van der Waals surface area contributed by atoms with Crippen molar-refractivity contribution < 1.29 is 83.7 Å². The van der Waals surface area contributed by atoms with Crippen molar-refractivity contribution in [1.29, 1.82) is 0 Å². The van der Waals surface area contributed by atoms with Crippen LogP contribution in [0.4, 0.5) is 4.79 Å². The number of urea groups is 1. The number of thioether (sulfide) groups is 1. The van der Waals surface area contributed by atoms with E-state index in [9.17, 15) is 55.2 Å². The number of aliphatic hydroxyl groups is 8. The van der Waals surface area contributed by atoms with E-state index in [0.29, 0.717) is 12.8 Å². The zero-order valence-electron chi connectivity index (χ0n) is 42.8. The Morgan fingerprint density at radius 2 is 1.29 bits per heavy atom. The van der Waals surface area contributed by atoms with Crippen LogP contribution in [0.25, 0.3) is 0 Å². The van der Waals surface area contributed by atoms with Crippen molar-refractivity contribution in [1.82, 2.24) is 16.0 Å². The summed E-state index contributed by atoms with van der Waals surface area (Å²) in [5.41, 5.74) is -21.5. The second-order valence-electron chi connectivity index (χ2n) is 23.2. The minimum Gasteiger partial charge on any atom is -0.430 e. The van der Waals surface area contributed by atoms with Gasteiger partial charge in [-0.3, -0.25) is 9.59 Å². The normalized spacial score (nSPS) is 50.0. The molecule has 5 aliphatic heterocycles. The Labute approximate surface area is 405 Å². The largest absolute Gasteiger partial charge is 0.430 e. The Hall–Kier alpha value is -1.96. The van der Waals surface area contributed by atoms with E-state index >= 15 is 0 Å². The van der Waals surface area contributed by atoms with Gasteiger partial charge in [0.15, 0.2) is 0 Å². The van der Waals surface area contributed by atoms with Gasteiger partial charge in [0, 0.05) is 36.7 Å². The van der Waals surface area contributed by atoms with Gasteiger partial charge >= 0.3 is 12.0 Å². The first-order valence-electron chi connectivity index (χ1n) is 23.7. The fraction of sp³-hybridized carbons (Fsp3) is 0.936. The lowest BCUT2D eigenvalue weighted by Crippen LogP contribution is -2.85. The number of hydrogen-bond donors (Lipinski definition) is 11. The summed E-state index contributed by atoms with van der Waals surface area (Å²) in [5.74, 6) is -2.29. The second-order valence-corrected chi connectivity index (χ2v) is 24.5. The quantitative estimate of drug-likeness (QED) is 0.0538. The van der Waals surface area contributed by atoms with Crippen molar-refractivity contribution in [3.8, 4) is 0 Å². The fourth-order valence-corrected chi connectivity index (χ4v) is 13.4. The average molecular weight is 994 g/mol. The number of carbonyl (C=O) groups is 3. The number of nitrogens with one attached hydrogen (secondary N) is 3. The molecule has 17 atom stereocenters. The molecule has 5 aliphatic rings. The first kappa shape index (κ1) is 56.9. The minimum absolute atomic E-state index is 0.0319. The highest BCUT2D eigenvalue weighted by Gasteiger charge is 2.75. The van der Waals surface area contributed by atoms with Gasteiger partial charge in [0.2, 0.25) is 11.7 Å². The SMILES string of the molecule is CC(=O)NC1(C)[C@@](C)(COC[C@]2(C)C(C)(C)O[C@](C)(OC(=O)CCCCC3SC[C@@H]4NC(=O)N[C@H]34)C(O)[C@@]2(C)O)OC(C)(CO)[C@@H](O)[C@@]1(C)COC[C@]1(C)OC(C)(CO)[C@](C)(O)[C@@](C)(O)C1(C)O. The highest BCUT2D eigenvalue weighted by molar-refractivity contribution is 8.00. The molecule has 0 aromatic rings. The van der Waals surface area contributed by atoms with Crippen LogP contribution < -0.4 is 16.0 Å². The molecule has 0 saturated carbocycles. The molecule has 11 N–H and O–H groups in total. The third-order valence-electron chi connectivity index (χ3n) is 18.1. The van der Waals surface area contributed by atoms with Gasteiger partial charge < -0.3 is 85.2 Å². The van der Waals surface area contributed by atoms with E-state index in [4.69, 9.17) is 28.4 Å². The van der Waals surface area contributed by atoms with E-state index in [1.807, 2.05) is 0 Å². The predicted molar refractivity (Wildman–Crippen MR) is 248 cm³/mol. The lowest BCUT2D eigenvalue weighted by molar-refractivity contribution is -0.409. The number of ether oxygens (including phenoxy) is 6. The zero-order chi connectivity index (χ0) is 52.0. The van der Waals surface area contributed by atoms with Gasteiger partial charge in [0.05, 0.1) is 74.4 Å². The summed E-state index contributed by atoms with van der Waals surface area (Å²) in [5, 5.41) is 102. The molecule has 6 unspecified atom stereocenters. The summed E-state index contributed by atoms with van der Waals surface area (Å²) in [4.78, 5) is 38.2. The summed E-state index contributed by atoms with van der Waals surface area (Å²) in [6.45, 7) is 19.1. The second kappa shape index (κ2) is 18.2. The molecule has 0 spiro atoms. The Balaban J connectivity index is 1.33. The standard InChI is InChI=1S/C47H83N3O17S/c1-27(53)50-44(12)36(4,23-62-26-41(9)46(14,60)47(15,61)45(13,59)39(7,22-52)67-41)32(55)37(5,21-51)66-40(44,8)25-63-24-38(6)35(2,3)65-43(11,33(56)42(38,10)58)64-30(54)19-17-16-18-29-31-28(20-68-29)48-34(57)49-31/h28-29,31-33,51-52,55-56,58-61H,16-26H2,1-15H3,(H,50,53)(H2,48,49,57)/t28-,29?,31-,32-,33?,36+,37?,38+,39?,40+,41-,42+,43-,44?,45-,46?,47+/m0/s1. The van der Waals surface area contributed by atoms with Gasteiger partial charge in [0.1, 0.15) is 50.9 Å². The summed E-state index contributed by atoms with van der Waals surface area (Å²) in [6, 6.07) is -0.0221. The van der Waals surface area contributed by atoms with Crippen LogP contribution in [0.1, 0.15) is 130 Å². The van der Waals surface area contributed by atoms with Gasteiger partial charge in [-0.05, 0) is 89.0 Å². The van der Waals surface area contributed by atoms with Crippen LogP contribution in [0.3, 0.4) is 0 Å². The molecule has 20 nitrogen and oxygen atoms in total. The smallest absolute Gasteiger partial charge is 0.315 e. The van der Waals surface area contributed by atoms with Crippen LogP contribution in [-0.2, 0) is 38.0 Å². The van der Waals surface area contributed by atoms with Crippen molar-refractivity contribution in [2.45, 2.75) is 221 Å². The van der Waals surface area contributed by atoms with Crippen molar-refractivity contribution >= 4 is 29.7 Å². The molecule has 3 amide bonds. The molecule has 21 heteroatoms. The highest BCUT2D eigenvalue weighted by atomic mass is 32.2. The summed E-state index contributed by atoms with van der Waals surface area (Å²) in [7, 11) is 0. The van der Waals surface area contributed by atoms with E-state index in [2.05, 4.69) is 16.0 Å². The first-order chi connectivity index (χ1) is 30.7. The van der Waals surface area contributed by atoms with Crippen LogP contribution in [0, 0.1) is 10.8 Å². The molecule has 5 heterocycles. The summed E-state index contributed by atoms with van der Waals surface area (Å²) in [6.07, 6.45) is -1.30. The molecule has 5 rings (SSSR count). The van der Waals surface area contributed by atoms with E-state index < -0.39 is 123 Å². The van der Waals surface area contributed by atoms with Gasteiger partial charge in [-0.15, -0.1) is 0 Å². The van der Waals surface area contributed by atoms with Crippen molar-refractivity contribution in [2.75, 3.05) is 45.4 Å². The molecule has 0 bridgehead atoms. The van der Waals surface area contributed by atoms with Gasteiger partial charge in [-0.2, -0.15) is 11.8 Å². The monoisotopic (exact) mass is 994 g/mol. The number of aliphatic hydroxyl groups excluding tert-OH is 4. The fourth-order valence-electron chi connectivity index (χ4n) is 11.9. The first-order valence-corrected chi connectivity index (χ1v) is 24.7. The van der Waals surface area contributed by atoms with Crippen LogP contribution in [0.2, 0.25) is 0 Å². The molecule has 0 radical (unpaired) electrons. The lowest BCUT2D eigenvalue weighted by Gasteiger charge is -2.66. The Morgan fingerprint density at radius 3 is 1.87 bits per heavy atom. The maximum absolute atomic E-state index is 13.3. The average Bonchev–Trinajstić information content (AvgIpc) is 3.77. The number of carbonyl (C=O) groups excluding carboxylic acids is 3. The van der Waals surface area contributed by atoms with Crippen molar-refractivity contribution in [2.24, 2.45) is 10.8 Å². The van der Waals surface area contributed by atoms with Crippen molar-refractivity contribution in [3.63, 3.8) is 0 Å². The zero-order valence-corrected chi connectivity index (χ0v) is 43.6. The molecule has 68 heavy (non-hydrogen) atoms. The van der Waals surface area contributed by atoms with Gasteiger partial charge in [-0.25, -0.2) is 4.79 Å². The number of esters is 1. The van der Waals surface area contributed by atoms with E-state index in [1.54, 1.807) is 53.3 Å². The Morgan fingerprint density at radius 1 is 0.721 bits per heavy atom. The lowest BCUT2D eigenvalue weighted by atomic mass is 9.55. The molecule has 0 aliphatic carbocycles. The Kier molecular flexibility index (Phi) is 15.2. The molecule has 0 aromatic heterocycles. The third-order valence-corrected chi connectivity index (χ3v) is 19.7. The molecule has 394 valence electrons. The van der Waals surface area contributed by atoms with Crippen LogP contribution in [-0.4, -0.2) is 195 Å². The number of rotatable bonds is 17. The molecule has 5 saturated heterocycles. The van der Waals surface area contributed by atoms with E-state index in [1.165, 1.54) is 62.3 Å².